The van der Waals surface area contributed by atoms with Gasteiger partial charge in [-0.1, -0.05) is 6.92 Å². The minimum Gasteiger partial charge on any atom is -0.497 e. The van der Waals surface area contributed by atoms with E-state index >= 15 is 0 Å². The smallest absolute Gasteiger partial charge is 0.191 e. The van der Waals surface area contributed by atoms with Crippen LogP contribution in [0, 0.1) is 6.92 Å². The Balaban J connectivity index is 1.58. The molecule has 31 heavy (non-hydrogen) atoms. The minimum absolute atomic E-state index is 0.337. The zero-order chi connectivity index (χ0) is 22.2. The summed E-state index contributed by atoms with van der Waals surface area (Å²) in [5.41, 5.74) is 2.34. The number of ether oxygens (including phenoxy) is 2. The SMILES string of the molecule is CCNC(=NCCc1nc(CC)c(C)s1)NC1CCN(c2cc(OC)cc(OC)c2)C1. The number of nitrogens with zero attached hydrogens (tertiary/aromatic N) is 3. The molecule has 0 radical (unpaired) electrons. The summed E-state index contributed by atoms with van der Waals surface area (Å²) in [5.74, 6) is 2.50. The Morgan fingerprint density at radius 1 is 1.23 bits per heavy atom. The molecule has 1 aromatic carbocycles. The number of thiazole rings is 1. The van der Waals surface area contributed by atoms with Crippen molar-refractivity contribution in [2.75, 3.05) is 45.3 Å². The maximum atomic E-state index is 5.42. The Morgan fingerprint density at radius 2 is 1.97 bits per heavy atom. The summed E-state index contributed by atoms with van der Waals surface area (Å²) in [5, 5.41) is 8.16. The van der Waals surface area contributed by atoms with E-state index in [-0.39, 0.29) is 0 Å². The van der Waals surface area contributed by atoms with Crippen molar-refractivity contribution in [3.63, 3.8) is 0 Å². The van der Waals surface area contributed by atoms with Crippen LogP contribution in [-0.4, -0.2) is 57.4 Å². The number of methoxy groups -OCH3 is 2. The number of nitrogens with one attached hydrogen (secondary N) is 2. The van der Waals surface area contributed by atoms with Crippen LogP contribution in [0.2, 0.25) is 0 Å². The van der Waals surface area contributed by atoms with E-state index in [1.807, 2.05) is 6.07 Å². The highest BCUT2D eigenvalue weighted by atomic mass is 32.1. The number of hydrogen-bond acceptors (Lipinski definition) is 6. The van der Waals surface area contributed by atoms with E-state index in [0.717, 1.165) is 68.6 Å². The molecule has 2 aromatic rings. The first-order chi connectivity index (χ1) is 15.1. The first kappa shape index (κ1) is 23.2. The highest BCUT2D eigenvalue weighted by Gasteiger charge is 2.24. The van der Waals surface area contributed by atoms with Crippen LogP contribution in [0.5, 0.6) is 11.5 Å². The van der Waals surface area contributed by atoms with Crippen molar-refractivity contribution in [3.05, 3.63) is 33.8 Å². The van der Waals surface area contributed by atoms with Gasteiger partial charge in [-0.05, 0) is 26.7 Å². The van der Waals surface area contributed by atoms with Crippen molar-refractivity contribution in [2.45, 2.75) is 46.1 Å². The Kier molecular flexibility index (Phi) is 8.40. The molecule has 1 aliphatic rings. The molecule has 3 rings (SSSR count). The molecule has 1 atom stereocenters. The number of anilines is 1. The van der Waals surface area contributed by atoms with E-state index < -0.39 is 0 Å². The molecule has 0 amide bonds. The van der Waals surface area contributed by atoms with Crippen LogP contribution in [0.4, 0.5) is 5.69 Å². The summed E-state index contributed by atoms with van der Waals surface area (Å²) in [6.07, 6.45) is 2.92. The zero-order valence-corrected chi connectivity index (χ0v) is 20.1. The molecule has 170 valence electrons. The summed E-state index contributed by atoms with van der Waals surface area (Å²) in [7, 11) is 3.37. The fourth-order valence-corrected chi connectivity index (χ4v) is 4.80. The van der Waals surface area contributed by atoms with E-state index in [2.05, 4.69) is 48.4 Å². The molecule has 0 spiro atoms. The van der Waals surface area contributed by atoms with E-state index in [9.17, 15) is 0 Å². The molecule has 1 saturated heterocycles. The number of benzene rings is 1. The van der Waals surface area contributed by atoms with Gasteiger partial charge in [-0.15, -0.1) is 11.3 Å². The lowest BCUT2D eigenvalue weighted by Gasteiger charge is -2.21. The zero-order valence-electron chi connectivity index (χ0n) is 19.3. The number of hydrogen-bond donors (Lipinski definition) is 2. The van der Waals surface area contributed by atoms with E-state index in [1.54, 1.807) is 25.6 Å². The molecule has 2 N–H and O–H groups in total. The molecule has 1 aliphatic heterocycles. The topological polar surface area (TPSA) is 71.0 Å². The maximum Gasteiger partial charge on any atom is 0.191 e. The van der Waals surface area contributed by atoms with Gasteiger partial charge in [0.25, 0.3) is 0 Å². The van der Waals surface area contributed by atoms with Crippen molar-refractivity contribution in [2.24, 2.45) is 4.99 Å². The number of aliphatic imine (C=N–C) groups is 1. The molecule has 1 fully saturated rings. The first-order valence-electron chi connectivity index (χ1n) is 11.0. The van der Waals surface area contributed by atoms with Gasteiger partial charge < -0.3 is 25.0 Å². The van der Waals surface area contributed by atoms with Crippen LogP contribution in [0.1, 0.15) is 35.8 Å². The molecule has 0 bridgehead atoms. The van der Waals surface area contributed by atoms with Gasteiger partial charge in [0, 0.05) is 67.4 Å². The maximum absolute atomic E-state index is 5.42. The molecule has 1 unspecified atom stereocenters. The molecular weight excluding hydrogens is 410 g/mol. The van der Waals surface area contributed by atoms with Crippen LogP contribution in [0.3, 0.4) is 0 Å². The summed E-state index contributed by atoms with van der Waals surface area (Å²) in [6, 6.07) is 6.36. The molecule has 0 aliphatic carbocycles. The largest absolute Gasteiger partial charge is 0.497 e. The van der Waals surface area contributed by atoms with Gasteiger partial charge in [0.2, 0.25) is 0 Å². The van der Waals surface area contributed by atoms with Crippen molar-refractivity contribution >= 4 is 23.0 Å². The fourth-order valence-electron chi connectivity index (χ4n) is 3.79. The summed E-state index contributed by atoms with van der Waals surface area (Å²) < 4.78 is 10.8. The highest BCUT2D eigenvalue weighted by Crippen LogP contribution is 2.30. The van der Waals surface area contributed by atoms with Gasteiger partial charge >= 0.3 is 0 Å². The number of aryl methyl sites for hydroxylation is 2. The molecule has 7 nitrogen and oxygen atoms in total. The Hall–Kier alpha value is -2.48. The molecule has 1 aromatic heterocycles. The van der Waals surface area contributed by atoms with Crippen molar-refractivity contribution in [3.8, 4) is 11.5 Å². The predicted molar refractivity (Wildman–Crippen MR) is 129 cm³/mol. The third kappa shape index (κ3) is 6.26. The quantitative estimate of drug-likeness (QED) is 0.455. The van der Waals surface area contributed by atoms with Gasteiger partial charge in [0.1, 0.15) is 11.5 Å². The van der Waals surface area contributed by atoms with Crippen LogP contribution < -0.4 is 25.0 Å². The summed E-state index contributed by atoms with van der Waals surface area (Å²) in [6.45, 7) is 9.86. The van der Waals surface area contributed by atoms with E-state index in [0.29, 0.717) is 6.04 Å². The Bertz CT molecular complexity index is 861. The monoisotopic (exact) mass is 445 g/mol. The molecular formula is C23H35N5O2S. The van der Waals surface area contributed by atoms with Crippen molar-refractivity contribution < 1.29 is 9.47 Å². The van der Waals surface area contributed by atoms with Gasteiger partial charge in [0.05, 0.1) is 24.9 Å². The standard InChI is InChI=1S/C23H35N5O2S/c1-6-21-16(3)31-22(27-21)8-10-25-23(24-7-2)26-17-9-11-28(15-17)18-12-19(29-4)14-20(13-18)30-5/h12-14,17H,6-11,15H2,1-5H3,(H2,24,25,26). The second kappa shape index (κ2) is 11.2. The second-order valence-electron chi connectivity index (χ2n) is 7.62. The average molecular weight is 446 g/mol. The minimum atomic E-state index is 0.337. The number of rotatable bonds is 9. The summed E-state index contributed by atoms with van der Waals surface area (Å²) >= 11 is 1.79. The third-order valence-electron chi connectivity index (χ3n) is 5.44. The van der Waals surface area contributed by atoms with E-state index in [1.165, 1.54) is 15.6 Å². The van der Waals surface area contributed by atoms with Crippen LogP contribution in [0.25, 0.3) is 0 Å². The van der Waals surface area contributed by atoms with Gasteiger partial charge in [-0.25, -0.2) is 4.98 Å². The lowest BCUT2D eigenvalue weighted by molar-refractivity contribution is 0.394. The lowest BCUT2D eigenvalue weighted by Crippen LogP contribution is -2.44. The average Bonchev–Trinajstić information content (AvgIpc) is 3.39. The Morgan fingerprint density at radius 3 is 2.58 bits per heavy atom. The van der Waals surface area contributed by atoms with Crippen molar-refractivity contribution in [1.29, 1.82) is 0 Å². The number of aromatic nitrogens is 1. The first-order valence-corrected chi connectivity index (χ1v) is 11.9. The molecule has 0 saturated carbocycles. The van der Waals surface area contributed by atoms with Crippen molar-refractivity contribution in [1.82, 2.24) is 15.6 Å². The highest BCUT2D eigenvalue weighted by molar-refractivity contribution is 7.11. The summed E-state index contributed by atoms with van der Waals surface area (Å²) in [4.78, 5) is 13.2. The molecule has 8 heteroatoms. The van der Waals surface area contributed by atoms with Gasteiger partial charge in [-0.3, -0.25) is 4.99 Å². The lowest BCUT2D eigenvalue weighted by atomic mass is 10.2. The van der Waals surface area contributed by atoms with Crippen LogP contribution >= 0.6 is 11.3 Å². The predicted octanol–water partition coefficient (Wildman–Crippen LogP) is 3.41. The number of guanidine groups is 1. The van der Waals surface area contributed by atoms with Gasteiger partial charge in [0.15, 0.2) is 5.96 Å². The van der Waals surface area contributed by atoms with Crippen LogP contribution in [0.15, 0.2) is 23.2 Å². The van der Waals surface area contributed by atoms with E-state index in [4.69, 9.17) is 19.5 Å². The fraction of sp³-hybridized carbons (Fsp3) is 0.565. The Labute approximate surface area is 189 Å². The van der Waals surface area contributed by atoms with Crippen LogP contribution in [-0.2, 0) is 12.8 Å². The van der Waals surface area contributed by atoms with Gasteiger partial charge in [-0.2, -0.15) is 0 Å². The second-order valence-corrected chi connectivity index (χ2v) is 8.91. The third-order valence-corrected chi connectivity index (χ3v) is 6.51. The molecule has 2 heterocycles. The normalized spacial score (nSPS) is 16.5.